The highest BCUT2D eigenvalue weighted by Gasteiger charge is 2.06. The van der Waals surface area contributed by atoms with E-state index in [-0.39, 0.29) is 6.61 Å². The molecule has 0 bridgehead atoms. The molecule has 12 heavy (non-hydrogen) atoms. The van der Waals surface area contributed by atoms with Crippen LogP contribution in [0.2, 0.25) is 19.6 Å². The topological polar surface area (TPSA) is 46.5 Å². The Hall–Kier alpha value is -0.953. The molecule has 0 saturated heterocycles. The smallest absolute Gasteiger partial charge is 0.450 e. The van der Waals surface area contributed by atoms with Crippen LogP contribution >= 0.6 is 0 Å². The Morgan fingerprint density at radius 1 is 1.50 bits per heavy atom. The summed E-state index contributed by atoms with van der Waals surface area (Å²) in [7, 11) is -1.30. The minimum atomic E-state index is -1.30. The molecule has 0 aromatic carbocycles. The van der Waals surface area contributed by atoms with E-state index in [4.69, 9.17) is 5.11 Å². The average Bonchev–Trinajstić information content (AvgIpc) is 1.83. The molecule has 1 N–H and O–H groups in total. The first kappa shape index (κ1) is 11.0. The molecule has 68 valence electrons. The van der Waals surface area contributed by atoms with Crippen molar-refractivity contribution in [1.82, 2.24) is 0 Å². The van der Waals surface area contributed by atoms with Gasteiger partial charge in [-0.05, 0) is 0 Å². The quantitative estimate of drug-likeness (QED) is 0.310. The normalized spacial score (nSPS) is 9.92. The van der Waals surface area contributed by atoms with Crippen molar-refractivity contribution in [1.29, 1.82) is 0 Å². The van der Waals surface area contributed by atoms with Gasteiger partial charge in [0.15, 0.2) is 0 Å². The lowest BCUT2D eigenvalue weighted by Gasteiger charge is -2.03. The van der Waals surface area contributed by atoms with Gasteiger partial charge in [0, 0.05) is 6.42 Å². The number of hydrogen-bond donors (Lipinski definition) is 1. The van der Waals surface area contributed by atoms with E-state index in [2.05, 4.69) is 35.8 Å². The van der Waals surface area contributed by atoms with Gasteiger partial charge in [-0.2, -0.15) is 0 Å². The van der Waals surface area contributed by atoms with Gasteiger partial charge in [-0.15, -0.1) is 11.5 Å². The SMILES string of the molecule is C[Si](C)(C)C#CCCOC(=O)O. The Balaban J connectivity index is 3.53. The van der Waals surface area contributed by atoms with Crippen molar-refractivity contribution in [2.24, 2.45) is 0 Å². The van der Waals surface area contributed by atoms with Gasteiger partial charge in [-0.3, -0.25) is 0 Å². The van der Waals surface area contributed by atoms with Gasteiger partial charge < -0.3 is 9.84 Å². The van der Waals surface area contributed by atoms with Crippen molar-refractivity contribution < 1.29 is 14.6 Å². The molecule has 0 aromatic heterocycles. The third-order valence-electron chi connectivity index (χ3n) is 0.916. The fourth-order valence-corrected chi connectivity index (χ4v) is 1.17. The van der Waals surface area contributed by atoms with Gasteiger partial charge >= 0.3 is 6.16 Å². The van der Waals surface area contributed by atoms with E-state index < -0.39 is 14.2 Å². The summed E-state index contributed by atoms with van der Waals surface area (Å²) < 4.78 is 4.29. The first-order valence-corrected chi connectivity index (χ1v) is 7.27. The largest absolute Gasteiger partial charge is 0.505 e. The Morgan fingerprint density at radius 2 is 2.08 bits per heavy atom. The van der Waals surface area contributed by atoms with Gasteiger partial charge in [-0.25, -0.2) is 4.79 Å². The van der Waals surface area contributed by atoms with Crippen LogP contribution < -0.4 is 0 Å². The van der Waals surface area contributed by atoms with Crippen LogP contribution in [0.5, 0.6) is 0 Å². The van der Waals surface area contributed by atoms with Gasteiger partial charge in [0.25, 0.3) is 0 Å². The molecule has 0 aliphatic carbocycles. The molecule has 0 fully saturated rings. The molecule has 0 amide bonds. The minimum Gasteiger partial charge on any atom is -0.450 e. The van der Waals surface area contributed by atoms with E-state index in [1.54, 1.807) is 0 Å². The Morgan fingerprint density at radius 3 is 2.50 bits per heavy atom. The van der Waals surface area contributed by atoms with Crippen LogP contribution in [-0.2, 0) is 4.74 Å². The lowest BCUT2D eigenvalue weighted by Crippen LogP contribution is -2.16. The molecule has 0 aliphatic rings. The zero-order valence-electron chi connectivity index (χ0n) is 7.68. The number of ether oxygens (including phenoxy) is 1. The summed E-state index contributed by atoms with van der Waals surface area (Å²) >= 11 is 0. The highest BCUT2D eigenvalue weighted by Crippen LogP contribution is 1.96. The third kappa shape index (κ3) is 9.05. The maximum absolute atomic E-state index is 9.90. The number of hydrogen-bond acceptors (Lipinski definition) is 2. The van der Waals surface area contributed by atoms with Crippen molar-refractivity contribution in [2.75, 3.05) is 6.61 Å². The summed E-state index contributed by atoms with van der Waals surface area (Å²) in [4.78, 5) is 9.90. The minimum absolute atomic E-state index is 0.173. The zero-order valence-corrected chi connectivity index (χ0v) is 8.68. The van der Waals surface area contributed by atoms with Crippen molar-refractivity contribution >= 4 is 14.2 Å². The second-order valence-corrected chi connectivity index (χ2v) is 8.17. The van der Waals surface area contributed by atoms with Gasteiger partial charge in [0.1, 0.15) is 14.7 Å². The first-order chi connectivity index (χ1) is 5.42. The molecule has 0 radical (unpaired) electrons. The van der Waals surface area contributed by atoms with Crippen LogP contribution in [0.15, 0.2) is 0 Å². The number of rotatable bonds is 2. The first-order valence-electron chi connectivity index (χ1n) is 3.77. The molecule has 0 rings (SSSR count). The van der Waals surface area contributed by atoms with Crippen LogP contribution in [0.25, 0.3) is 0 Å². The average molecular weight is 186 g/mol. The van der Waals surface area contributed by atoms with Gasteiger partial charge in [-0.1, -0.05) is 19.6 Å². The van der Waals surface area contributed by atoms with Gasteiger partial charge in [0.2, 0.25) is 0 Å². The van der Waals surface area contributed by atoms with E-state index in [1.165, 1.54) is 0 Å². The molecule has 0 unspecified atom stereocenters. The highest BCUT2D eigenvalue weighted by atomic mass is 28.3. The molecular formula is C8H14O3Si. The van der Waals surface area contributed by atoms with Crippen molar-refractivity contribution in [3.63, 3.8) is 0 Å². The molecule has 0 spiro atoms. The summed E-state index contributed by atoms with van der Waals surface area (Å²) in [5, 5.41) is 8.11. The summed E-state index contributed by atoms with van der Waals surface area (Å²) in [6.07, 6.45) is -0.735. The molecule has 4 heteroatoms. The van der Waals surface area contributed by atoms with E-state index >= 15 is 0 Å². The lowest BCUT2D eigenvalue weighted by molar-refractivity contribution is 0.0937. The summed E-state index contributed by atoms with van der Waals surface area (Å²) in [6.45, 7) is 6.58. The molecular weight excluding hydrogens is 172 g/mol. The van der Waals surface area contributed by atoms with Crippen molar-refractivity contribution in [3.8, 4) is 11.5 Å². The fourth-order valence-electron chi connectivity index (χ4n) is 0.517. The van der Waals surface area contributed by atoms with E-state index in [0.29, 0.717) is 6.42 Å². The Labute approximate surface area is 73.7 Å². The Bertz CT molecular complexity index is 207. The van der Waals surface area contributed by atoms with Crippen LogP contribution in [0.4, 0.5) is 4.79 Å². The maximum Gasteiger partial charge on any atom is 0.505 e. The highest BCUT2D eigenvalue weighted by molar-refractivity contribution is 6.83. The lowest BCUT2D eigenvalue weighted by atomic mass is 10.5. The molecule has 0 aromatic rings. The number of carbonyl (C=O) groups is 1. The predicted octanol–water partition coefficient (Wildman–Crippen LogP) is 1.95. The van der Waals surface area contributed by atoms with Crippen LogP contribution in [0.1, 0.15) is 6.42 Å². The molecule has 0 heterocycles. The number of carboxylic acid groups (broad SMARTS) is 1. The molecule has 0 saturated carbocycles. The van der Waals surface area contributed by atoms with Crippen LogP contribution in [0.3, 0.4) is 0 Å². The summed E-state index contributed by atoms with van der Waals surface area (Å²) in [5.74, 6) is 2.90. The zero-order chi connectivity index (χ0) is 9.61. The van der Waals surface area contributed by atoms with E-state index in [0.717, 1.165) is 0 Å². The molecule has 3 nitrogen and oxygen atoms in total. The predicted molar refractivity (Wildman–Crippen MR) is 49.7 cm³/mol. The van der Waals surface area contributed by atoms with E-state index in [9.17, 15) is 4.79 Å². The van der Waals surface area contributed by atoms with Crippen molar-refractivity contribution in [3.05, 3.63) is 0 Å². The van der Waals surface area contributed by atoms with E-state index in [1.807, 2.05) is 0 Å². The second-order valence-electron chi connectivity index (χ2n) is 3.42. The summed E-state index contributed by atoms with van der Waals surface area (Å²) in [5.41, 5.74) is 3.11. The monoisotopic (exact) mass is 186 g/mol. The molecule has 0 aliphatic heterocycles. The third-order valence-corrected chi connectivity index (χ3v) is 1.84. The maximum atomic E-state index is 9.90. The van der Waals surface area contributed by atoms with Gasteiger partial charge in [0.05, 0.1) is 0 Å². The second kappa shape index (κ2) is 4.83. The summed E-state index contributed by atoms with van der Waals surface area (Å²) in [6, 6.07) is 0. The van der Waals surface area contributed by atoms with Crippen molar-refractivity contribution in [2.45, 2.75) is 26.1 Å². The standard InChI is InChI=1S/C8H14O3Si/c1-12(2,3)7-5-4-6-11-8(9)10/h4,6H2,1-3H3,(H,9,10). The fraction of sp³-hybridized carbons (Fsp3) is 0.625. The molecule has 0 atom stereocenters. The van der Waals surface area contributed by atoms with Crippen LogP contribution in [-0.4, -0.2) is 25.9 Å². The van der Waals surface area contributed by atoms with Crippen LogP contribution in [0, 0.1) is 11.5 Å². The Kier molecular flexibility index (Phi) is 4.45.